The molecular weight excluding hydrogens is 160 g/mol. The summed E-state index contributed by atoms with van der Waals surface area (Å²) in [5.74, 6) is 0. The predicted octanol–water partition coefficient (Wildman–Crippen LogP) is 3.67. The monoisotopic (exact) mass is 184 g/mol. The van der Waals surface area contributed by atoms with E-state index in [4.69, 9.17) is 0 Å². The van der Waals surface area contributed by atoms with Gasteiger partial charge < -0.3 is 5.11 Å². The second-order valence-corrected chi connectivity index (χ2v) is 3.72. The lowest BCUT2D eigenvalue weighted by Gasteiger charge is -2.08. The van der Waals surface area contributed by atoms with Crippen molar-refractivity contribution in [2.24, 2.45) is 0 Å². The highest BCUT2D eigenvalue weighted by molar-refractivity contribution is 4.69. The number of hydrogen-bond donors (Lipinski definition) is 1. The Balaban J connectivity index is 3.07. The fourth-order valence-corrected chi connectivity index (χ4v) is 1.44. The maximum atomic E-state index is 9.49. The molecular formula is C12H24O. The molecule has 0 radical (unpaired) electrons. The summed E-state index contributed by atoms with van der Waals surface area (Å²) in [6, 6.07) is 0. The van der Waals surface area contributed by atoms with E-state index in [0.717, 1.165) is 19.3 Å². The van der Waals surface area contributed by atoms with E-state index in [1.165, 1.54) is 32.1 Å². The number of aliphatic hydroxyl groups excluding tert-OH is 1. The summed E-state index contributed by atoms with van der Waals surface area (Å²) in [7, 11) is 0. The molecule has 0 aliphatic rings. The normalized spacial score (nSPS) is 12.8. The lowest BCUT2D eigenvalue weighted by Crippen LogP contribution is -2.05. The molecule has 13 heavy (non-hydrogen) atoms. The molecule has 0 rings (SSSR count). The van der Waals surface area contributed by atoms with Crippen LogP contribution in [0.15, 0.2) is 12.7 Å². The van der Waals surface area contributed by atoms with Gasteiger partial charge in [-0.15, -0.1) is 6.58 Å². The molecule has 0 aliphatic heterocycles. The van der Waals surface area contributed by atoms with Crippen LogP contribution >= 0.6 is 0 Å². The van der Waals surface area contributed by atoms with E-state index in [1.54, 1.807) is 0 Å². The van der Waals surface area contributed by atoms with Crippen LogP contribution in [0.4, 0.5) is 0 Å². The average Bonchev–Trinajstić information content (AvgIpc) is 2.14. The Bertz CT molecular complexity index is 110. The van der Waals surface area contributed by atoms with Crippen molar-refractivity contribution >= 4 is 0 Å². The van der Waals surface area contributed by atoms with E-state index in [-0.39, 0.29) is 6.10 Å². The lowest BCUT2D eigenvalue weighted by molar-refractivity contribution is 0.152. The standard InChI is InChI=1S/C12H24O/c1-3-5-7-8-9-11-12(13)10-6-4-2/h4,12-13H,2-3,5-11H2,1H3. The minimum absolute atomic E-state index is 0.0976. The average molecular weight is 184 g/mol. The van der Waals surface area contributed by atoms with E-state index >= 15 is 0 Å². The first-order valence-electron chi connectivity index (χ1n) is 5.60. The first-order valence-corrected chi connectivity index (χ1v) is 5.60. The summed E-state index contributed by atoms with van der Waals surface area (Å²) in [6.07, 6.45) is 11.0. The number of aliphatic hydroxyl groups is 1. The largest absolute Gasteiger partial charge is 0.393 e. The zero-order chi connectivity index (χ0) is 9.94. The number of unbranched alkanes of at least 4 members (excludes halogenated alkanes) is 4. The smallest absolute Gasteiger partial charge is 0.0543 e. The van der Waals surface area contributed by atoms with Gasteiger partial charge in [0.05, 0.1) is 6.10 Å². The SMILES string of the molecule is C=CCCC(O)CCCCCCC. The van der Waals surface area contributed by atoms with Crippen LogP contribution in [0.3, 0.4) is 0 Å². The van der Waals surface area contributed by atoms with Crippen LogP contribution in [-0.4, -0.2) is 11.2 Å². The van der Waals surface area contributed by atoms with Gasteiger partial charge in [0.15, 0.2) is 0 Å². The third-order valence-electron chi connectivity index (χ3n) is 2.34. The van der Waals surface area contributed by atoms with Crippen molar-refractivity contribution in [3.8, 4) is 0 Å². The highest BCUT2D eigenvalue weighted by atomic mass is 16.3. The van der Waals surface area contributed by atoms with E-state index in [9.17, 15) is 5.11 Å². The molecule has 78 valence electrons. The van der Waals surface area contributed by atoms with Gasteiger partial charge in [-0.3, -0.25) is 0 Å². The third-order valence-corrected chi connectivity index (χ3v) is 2.34. The highest BCUT2D eigenvalue weighted by Gasteiger charge is 2.01. The highest BCUT2D eigenvalue weighted by Crippen LogP contribution is 2.10. The van der Waals surface area contributed by atoms with Crippen molar-refractivity contribution in [3.63, 3.8) is 0 Å². The second-order valence-electron chi connectivity index (χ2n) is 3.72. The minimum Gasteiger partial charge on any atom is -0.393 e. The topological polar surface area (TPSA) is 20.2 Å². The molecule has 0 aliphatic carbocycles. The molecule has 0 fully saturated rings. The zero-order valence-corrected chi connectivity index (χ0v) is 8.97. The lowest BCUT2D eigenvalue weighted by atomic mass is 10.1. The molecule has 1 atom stereocenters. The van der Waals surface area contributed by atoms with Crippen LogP contribution in [0.25, 0.3) is 0 Å². The molecule has 0 saturated carbocycles. The molecule has 0 aromatic carbocycles. The van der Waals surface area contributed by atoms with Gasteiger partial charge in [-0.05, 0) is 19.3 Å². The third kappa shape index (κ3) is 9.62. The van der Waals surface area contributed by atoms with E-state index in [1.807, 2.05) is 6.08 Å². The fraction of sp³-hybridized carbons (Fsp3) is 0.833. The first kappa shape index (κ1) is 12.7. The molecule has 0 aromatic heterocycles. The van der Waals surface area contributed by atoms with Gasteiger partial charge in [0.2, 0.25) is 0 Å². The summed E-state index contributed by atoms with van der Waals surface area (Å²) in [5, 5.41) is 9.49. The van der Waals surface area contributed by atoms with Crippen molar-refractivity contribution in [1.29, 1.82) is 0 Å². The van der Waals surface area contributed by atoms with Gasteiger partial charge in [-0.1, -0.05) is 45.1 Å². The van der Waals surface area contributed by atoms with Crippen LogP contribution in [0.2, 0.25) is 0 Å². The van der Waals surface area contributed by atoms with Crippen molar-refractivity contribution < 1.29 is 5.11 Å². The van der Waals surface area contributed by atoms with E-state index in [2.05, 4.69) is 13.5 Å². The van der Waals surface area contributed by atoms with Crippen LogP contribution in [-0.2, 0) is 0 Å². The molecule has 0 amide bonds. The number of hydrogen-bond acceptors (Lipinski definition) is 1. The second kappa shape index (κ2) is 9.79. The maximum absolute atomic E-state index is 9.49. The molecule has 1 nitrogen and oxygen atoms in total. The fourth-order valence-electron chi connectivity index (χ4n) is 1.44. The molecule has 1 heteroatoms. The summed E-state index contributed by atoms with van der Waals surface area (Å²) in [5.41, 5.74) is 0. The molecule has 0 saturated heterocycles. The summed E-state index contributed by atoms with van der Waals surface area (Å²) in [4.78, 5) is 0. The van der Waals surface area contributed by atoms with E-state index in [0.29, 0.717) is 0 Å². The van der Waals surface area contributed by atoms with Crippen molar-refractivity contribution in [3.05, 3.63) is 12.7 Å². The Hall–Kier alpha value is -0.300. The first-order chi connectivity index (χ1) is 6.31. The summed E-state index contributed by atoms with van der Waals surface area (Å²) < 4.78 is 0. The van der Waals surface area contributed by atoms with Crippen LogP contribution < -0.4 is 0 Å². The van der Waals surface area contributed by atoms with Gasteiger partial charge in [0, 0.05) is 0 Å². The molecule has 1 unspecified atom stereocenters. The van der Waals surface area contributed by atoms with Crippen LogP contribution in [0.5, 0.6) is 0 Å². The Kier molecular flexibility index (Phi) is 9.56. The molecule has 0 bridgehead atoms. The van der Waals surface area contributed by atoms with Crippen LogP contribution in [0.1, 0.15) is 58.3 Å². The van der Waals surface area contributed by atoms with E-state index < -0.39 is 0 Å². The van der Waals surface area contributed by atoms with Crippen LogP contribution in [0, 0.1) is 0 Å². The zero-order valence-electron chi connectivity index (χ0n) is 8.97. The van der Waals surface area contributed by atoms with Crippen molar-refractivity contribution in [2.75, 3.05) is 0 Å². The quantitative estimate of drug-likeness (QED) is 0.428. The Morgan fingerprint density at radius 3 is 2.46 bits per heavy atom. The predicted molar refractivity (Wildman–Crippen MR) is 58.8 cm³/mol. The Labute approximate surface area is 82.9 Å². The van der Waals surface area contributed by atoms with Gasteiger partial charge in [-0.25, -0.2) is 0 Å². The van der Waals surface area contributed by atoms with Gasteiger partial charge >= 0.3 is 0 Å². The summed E-state index contributed by atoms with van der Waals surface area (Å²) >= 11 is 0. The number of allylic oxidation sites excluding steroid dienone is 1. The molecule has 1 N–H and O–H groups in total. The van der Waals surface area contributed by atoms with Gasteiger partial charge in [-0.2, -0.15) is 0 Å². The number of rotatable bonds is 9. The molecule has 0 heterocycles. The minimum atomic E-state index is -0.0976. The summed E-state index contributed by atoms with van der Waals surface area (Å²) in [6.45, 7) is 5.86. The van der Waals surface area contributed by atoms with Crippen molar-refractivity contribution in [2.45, 2.75) is 64.4 Å². The Morgan fingerprint density at radius 1 is 1.15 bits per heavy atom. The van der Waals surface area contributed by atoms with Crippen molar-refractivity contribution in [1.82, 2.24) is 0 Å². The molecule has 0 aromatic rings. The maximum Gasteiger partial charge on any atom is 0.0543 e. The Morgan fingerprint density at radius 2 is 1.85 bits per heavy atom. The van der Waals surface area contributed by atoms with Gasteiger partial charge in [0.1, 0.15) is 0 Å². The van der Waals surface area contributed by atoms with Gasteiger partial charge in [0.25, 0.3) is 0 Å². The molecule has 0 spiro atoms.